The number of rotatable bonds is 3. The third-order valence-electron chi connectivity index (χ3n) is 3.11. The SMILES string of the molecule is [2H]C([2H])([2H])C([2H])(C)N1CCC(n2cc([N+](=O)[O-])cn2)CC1. The molecule has 94 valence electrons. The average Bonchev–Trinajstić information content (AvgIpc) is 2.87. The molecular formula is C11H18N4O2. The zero-order valence-electron chi connectivity index (χ0n) is 13.7. The van der Waals surface area contributed by atoms with Gasteiger partial charge < -0.3 is 4.90 Å². The Morgan fingerprint density at radius 1 is 1.71 bits per heavy atom. The summed E-state index contributed by atoms with van der Waals surface area (Å²) in [4.78, 5) is 11.8. The molecular weight excluding hydrogens is 220 g/mol. The summed E-state index contributed by atoms with van der Waals surface area (Å²) in [6.45, 7) is -0.0587. The molecule has 0 spiro atoms. The summed E-state index contributed by atoms with van der Waals surface area (Å²) in [5.74, 6) is 0. The van der Waals surface area contributed by atoms with Crippen molar-refractivity contribution in [2.75, 3.05) is 13.1 Å². The largest absolute Gasteiger partial charge is 0.307 e. The van der Waals surface area contributed by atoms with Crippen molar-refractivity contribution in [3.05, 3.63) is 22.5 Å². The van der Waals surface area contributed by atoms with Crippen LogP contribution in [0.2, 0.25) is 0 Å². The molecule has 1 aromatic rings. The molecule has 0 radical (unpaired) electrons. The van der Waals surface area contributed by atoms with Crippen LogP contribution in [0.1, 0.15) is 38.1 Å². The van der Waals surface area contributed by atoms with Gasteiger partial charge in [0.25, 0.3) is 0 Å². The molecule has 6 nitrogen and oxygen atoms in total. The highest BCUT2D eigenvalue weighted by Crippen LogP contribution is 2.24. The summed E-state index contributed by atoms with van der Waals surface area (Å²) in [7, 11) is 0. The smallest absolute Gasteiger partial charge is 0.301 e. The normalized spacial score (nSPS) is 26.4. The number of hydrogen-bond donors (Lipinski definition) is 0. The zero-order chi connectivity index (χ0) is 15.8. The Morgan fingerprint density at radius 3 is 2.94 bits per heavy atom. The second kappa shape index (κ2) is 4.83. The standard InChI is InChI=1S/C11H18N4O2/c1-9(2)13-5-3-10(4-6-13)14-8-11(7-12-14)15(16)17/h7-10H,3-6H2,1-2H3/i1D3,9D. The third kappa shape index (κ3) is 2.63. The van der Waals surface area contributed by atoms with Crippen molar-refractivity contribution in [2.24, 2.45) is 0 Å². The van der Waals surface area contributed by atoms with Gasteiger partial charge in [-0.15, -0.1) is 0 Å². The highest BCUT2D eigenvalue weighted by atomic mass is 16.6. The van der Waals surface area contributed by atoms with E-state index in [1.165, 1.54) is 19.3 Å². The second-order valence-electron chi connectivity index (χ2n) is 4.24. The van der Waals surface area contributed by atoms with Gasteiger partial charge in [-0.1, -0.05) is 0 Å². The van der Waals surface area contributed by atoms with Crippen molar-refractivity contribution < 1.29 is 10.4 Å². The van der Waals surface area contributed by atoms with Crippen molar-refractivity contribution in [1.82, 2.24) is 14.7 Å². The first-order valence-electron chi connectivity index (χ1n) is 7.56. The van der Waals surface area contributed by atoms with Gasteiger partial charge in [-0.05, 0) is 26.6 Å². The van der Waals surface area contributed by atoms with Gasteiger partial charge in [0.05, 0.1) is 11.0 Å². The summed E-state index contributed by atoms with van der Waals surface area (Å²) in [5.41, 5.74) is -0.0507. The van der Waals surface area contributed by atoms with E-state index in [9.17, 15) is 10.1 Å². The molecule has 0 amide bonds. The number of nitro groups is 1. The van der Waals surface area contributed by atoms with Gasteiger partial charge in [-0.2, -0.15) is 5.10 Å². The zero-order valence-corrected chi connectivity index (χ0v) is 9.67. The van der Waals surface area contributed by atoms with Crippen LogP contribution in [0.25, 0.3) is 0 Å². The van der Waals surface area contributed by atoms with Gasteiger partial charge in [0.1, 0.15) is 12.4 Å². The molecule has 0 aliphatic carbocycles. The molecule has 1 aliphatic rings. The highest BCUT2D eigenvalue weighted by Gasteiger charge is 2.23. The Hall–Kier alpha value is -1.43. The van der Waals surface area contributed by atoms with Gasteiger partial charge in [0.15, 0.2) is 0 Å². The number of aromatic nitrogens is 2. The van der Waals surface area contributed by atoms with E-state index in [-0.39, 0.29) is 11.7 Å². The predicted molar refractivity (Wildman–Crippen MR) is 63.9 cm³/mol. The average molecular weight is 242 g/mol. The van der Waals surface area contributed by atoms with E-state index in [4.69, 9.17) is 5.48 Å². The van der Waals surface area contributed by atoms with Gasteiger partial charge in [0.2, 0.25) is 0 Å². The highest BCUT2D eigenvalue weighted by molar-refractivity contribution is 5.21. The molecule has 1 saturated heterocycles. The van der Waals surface area contributed by atoms with Crippen molar-refractivity contribution in [3.8, 4) is 0 Å². The van der Waals surface area contributed by atoms with Crippen molar-refractivity contribution in [1.29, 1.82) is 0 Å². The summed E-state index contributed by atoms with van der Waals surface area (Å²) < 4.78 is 32.0. The number of piperidine rings is 1. The second-order valence-corrected chi connectivity index (χ2v) is 4.24. The molecule has 0 aromatic carbocycles. The van der Waals surface area contributed by atoms with Crippen LogP contribution in [0.5, 0.6) is 0 Å². The Bertz CT molecular complexity index is 521. The van der Waals surface area contributed by atoms with E-state index in [2.05, 4.69) is 5.10 Å². The van der Waals surface area contributed by atoms with Gasteiger partial charge in [0, 0.05) is 24.6 Å². The fourth-order valence-electron chi connectivity index (χ4n) is 2.09. The monoisotopic (exact) mass is 242 g/mol. The van der Waals surface area contributed by atoms with Gasteiger partial charge in [-0.25, -0.2) is 0 Å². The first-order chi connectivity index (χ1) is 9.63. The van der Waals surface area contributed by atoms with Gasteiger partial charge in [-0.3, -0.25) is 14.8 Å². The molecule has 2 rings (SSSR count). The van der Waals surface area contributed by atoms with Crippen LogP contribution < -0.4 is 0 Å². The molecule has 1 fully saturated rings. The Morgan fingerprint density at radius 2 is 2.41 bits per heavy atom. The number of hydrogen-bond acceptors (Lipinski definition) is 4. The first kappa shape index (κ1) is 7.81. The molecule has 0 N–H and O–H groups in total. The maximum absolute atomic E-state index is 10.6. The molecule has 0 saturated carbocycles. The Balaban J connectivity index is 2.01. The van der Waals surface area contributed by atoms with E-state index in [0.29, 0.717) is 25.9 Å². The van der Waals surface area contributed by atoms with Gasteiger partial charge >= 0.3 is 5.69 Å². The molecule has 17 heavy (non-hydrogen) atoms. The van der Waals surface area contributed by atoms with Crippen LogP contribution in [0.15, 0.2) is 12.4 Å². The lowest BCUT2D eigenvalue weighted by Gasteiger charge is -2.34. The maximum Gasteiger partial charge on any atom is 0.307 e. The van der Waals surface area contributed by atoms with Crippen molar-refractivity contribution in [3.63, 3.8) is 0 Å². The molecule has 0 bridgehead atoms. The Kier molecular flexibility index (Phi) is 2.22. The van der Waals surface area contributed by atoms with E-state index in [0.717, 1.165) is 0 Å². The summed E-state index contributed by atoms with van der Waals surface area (Å²) in [6, 6.07) is -1.61. The van der Waals surface area contributed by atoms with Crippen LogP contribution in [0.3, 0.4) is 0 Å². The molecule has 1 aliphatic heterocycles. The molecule has 2 heterocycles. The van der Waals surface area contributed by atoms with Crippen LogP contribution in [0.4, 0.5) is 5.69 Å². The topological polar surface area (TPSA) is 64.2 Å². The molecule has 6 heteroatoms. The van der Waals surface area contributed by atoms with E-state index in [1.807, 2.05) is 0 Å². The van der Waals surface area contributed by atoms with E-state index in [1.54, 1.807) is 9.58 Å². The lowest BCUT2D eigenvalue weighted by Crippen LogP contribution is -2.39. The van der Waals surface area contributed by atoms with Crippen molar-refractivity contribution in [2.45, 2.75) is 38.7 Å². The van der Waals surface area contributed by atoms with E-state index < -0.39 is 17.8 Å². The minimum Gasteiger partial charge on any atom is -0.301 e. The third-order valence-corrected chi connectivity index (χ3v) is 3.11. The molecule has 1 unspecified atom stereocenters. The number of likely N-dealkylation sites (tertiary alicyclic amines) is 1. The molecule has 1 atom stereocenters. The fraction of sp³-hybridized carbons (Fsp3) is 0.727. The minimum atomic E-state index is -2.37. The van der Waals surface area contributed by atoms with Crippen LogP contribution in [0, 0.1) is 10.1 Å². The van der Waals surface area contributed by atoms with Crippen LogP contribution in [-0.2, 0) is 0 Å². The Labute approximate surface area is 106 Å². The maximum atomic E-state index is 10.6. The summed E-state index contributed by atoms with van der Waals surface area (Å²) in [5, 5.41) is 14.6. The predicted octanol–water partition coefficient (Wildman–Crippen LogP) is 1.84. The lowest BCUT2D eigenvalue weighted by atomic mass is 10.0. The fourth-order valence-corrected chi connectivity index (χ4v) is 2.09. The molecule has 1 aromatic heterocycles. The minimum absolute atomic E-state index is 0.00218. The number of nitrogens with zero attached hydrogens (tertiary/aromatic N) is 4. The van der Waals surface area contributed by atoms with E-state index >= 15 is 0 Å². The van der Waals surface area contributed by atoms with Crippen molar-refractivity contribution >= 4 is 5.69 Å². The summed E-state index contributed by atoms with van der Waals surface area (Å²) >= 11 is 0. The van der Waals surface area contributed by atoms with Crippen LogP contribution >= 0.6 is 0 Å². The quantitative estimate of drug-likeness (QED) is 0.599. The first-order valence-corrected chi connectivity index (χ1v) is 5.56. The van der Waals surface area contributed by atoms with Crippen LogP contribution in [-0.4, -0.2) is 38.7 Å². The summed E-state index contributed by atoms with van der Waals surface area (Å²) in [6.07, 6.45) is 3.83. The lowest BCUT2D eigenvalue weighted by molar-refractivity contribution is -0.385.